The molecule has 0 bridgehead atoms. The largest absolute Gasteiger partial charge is 0.508 e. The Labute approximate surface area is 114 Å². The van der Waals surface area contributed by atoms with E-state index in [2.05, 4.69) is 21.2 Å². The highest BCUT2D eigenvalue weighted by Gasteiger charge is 2.01. The molecular weight excluding hydrogens is 294 g/mol. The van der Waals surface area contributed by atoms with Crippen LogP contribution in [-0.2, 0) is 13.1 Å². The Morgan fingerprint density at radius 2 is 1.72 bits per heavy atom. The van der Waals surface area contributed by atoms with Gasteiger partial charge in [-0.2, -0.15) is 0 Å². The molecule has 0 aliphatic carbocycles. The summed E-state index contributed by atoms with van der Waals surface area (Å²) in [7, 11) is 0. The molecule has 0 spiro atoms. The topological polar surface area (TPSA) is 52.5 Å². The van der Waals surface area contributed by atoms with Gasteiger partial charge in [0.05, 0.1) is 4.47 Å². The van der Waals surface area contributed by atoms with Gasteiger partial charge in [-0.3, -0.25) is 0 Å². The quantitative estimate of drug-likeness (QED) is 0.813. The third kappa shape index (κ3) is 3.24. The van der Waals surface area contributed by atoms with Crippen LogP contribution in [0.3, 0.4) is 0 Å². The van der Waals surface area contributed by atoms with Crippen LogP contribution in [0.4, 0.5) is 0 Å². The first-order valence-corrected chi connectivity index (χ1v) is 6.41. The molecule has 2 aromatic rings. The Morgan fingerprint density at radius 1 is 0.944 bits per heavy atom. The van der Waals surface area contributed by atoms with Crippen LogP contribution >= 0.6 is 15.9 Å². The highest BCUT2D eigenvalue weighted by molar-refractivity contribution is 9.10. The maximum atomic E-state index is 9.61. The second-order valence-corrected chi connectivity index (χ2v) is 4.87. The average Bonchev–Trinajstić information content (AvgIpc) is 2.36. The first-order chi connectivity index (χ1) is 8.66. The molecule has 2 rings (SSSR count). The number of phenols is 2. The summed E-state index contributed by atoms with van der Waals surface area (Å²) >= 11 is 3.28. The Morgan fingerprint density at radius 3 is 2.44 bits per heavy atom. The molecule has 0 amide bonds. The number of nitrogens with one attached hydrogen (secondary N) is 1. The molecule has 0 saturated carbocycles. The fourth-order valence-corrected chi connectivity index (χ4v) is 2.09. The Bertz CT molecular complexity index is 543. The summed E-state index contributed by atoms with van der Waals surface area (Å²) in [5.74, 6) is 0.538. The summed E-state index contributed by atoms with van der Waals surface area (Å²) < 4.78 is 0.685. The second kappa shape index (κ2) is 5.89. The summed E-state index contributed by atoms with van der Waals surface area (Å²) in [5.41, 5.74) is 1.94. The van der Waals surface area contributed by atoms with Crippen LogP contribution in [0, 0.1) is 0 Å². The molecule has 0 aliphatic heterocycles. The van der Waals surface area contributed by atoms with E-state index in [-0.39, 0.29) is 5.75 Å². The fraction of sp³-hybridized carbons (Fsp3) is 0.143. The number of para-hydroxylation sites is 1. The monoisotopic (exact) mass is 307 g/mol. The van der Waals surface area contributed by atoms with Crippen LogP contribution < -0.4 is 5.32 Å². The van der Waals surface area contributed by atoms with E-state index in [0.29, 0.717) is 23.3 Å². The Balaban J connectivity index is 1.92. The third-order valence-electron chi connectivity index (χ3n) is 2.65. The molecule has 0 atom stereocenters. The summed E-state index contributed by atoms with van der Waals surface area (Å²) in [6, 6.07) is 12.6. The van der Waals surface area contributed by atoms with Gasteiger partial charge in [-0.25, -0.2) is 0 Å². The number of hydrogen-bond donors (Lipinski definition) is 3. The maximum Gasteiger partial charge on any atom is 0.129 e. The van der Waals surface area contributed by atoms with Crippen molar-refractivity contribution in [2.75, 3.05) is 0 Å². The number of halogens is 1. The van der Waals surface area contributed by atoms with E-state index >= 15 is 0 Å². The smallest absolute Gasteiger partial charge is 0.129 e. The molecule has 0 saturated heterocycles. The molecule has 0 aromatic heterocycles. The second-order valence-electron chi connectivity index (χ2n) is 4.02. The lowest BCUT2D eigenvalue weighted by Gasteiger charge is -2.07. The molecule has 0 fully saturated rings. The lowest BCUT2D eigenvalue weighted by atomic mass is 10.2. The van der Waals surface area contributed by atoms with Crippen molar-refractivity contribution in [2.45, 2.75) is 13.1 Å². The summed E-state index contributed by atoms with van der Waals surface area (Å²) in [6.07, 6.45) is 0. The van der Waals surface area contributed by atoms with Gasteiger partial charge in [-0.15, -0.1) is 0 Å². The van der Waals surface area contributed by atoms with Crippen molar-refractivity contribution in [2.24, 2.45) is 0 Å². The molecule has 94 valence electrons. The number of benzene rings is 2. The van der Waals surface area contributed by atoms with E-state index in [1.165, 1.54) is 0 Å². The van der Waals surface area contributed by atoms with Crippen molar-refractivity contribution >= 4 is 15.9 Å². The summed E-state index contributed by atoms with van der Waals surface area (Å²) in [6.45, 7) is 1.28. The lowest BCUT2D eigenvalue weighted by molar-refractivity contribution is 0.464. The van der Waals surface area contributed by atoms with Crippen molar-refractivity contribution in [1.29, 1.82) is 0 Å². The molecule has 4 heteroatoms. The van der Waals surface area contributed by atoms with Crippen molar-refractivity contribution < 1.29 is 10.2 Å². The summed E-state index contributed by atoms with van der Waals surface area (Å²) in [4.78, 5) is 0. The van der Waals surface area contributed by atoms with E-state index in [1.54, 1.807) is 18.2 Å². The van der Waals surface area contributed by atoms with Crippen LogP contribution in [-0.4, -0.2) is 10.2 Å². The first-order valence-electron chi connectivity index (χ1n) is 5.62. The molecule has 3 nitrogen and oxygen atoms in total. The van der Waals surface area contributed by atoms with Crippen molar-refractivity contribution in [1.82, 2.24) is 5.32 Å². The molecule has 0 heterocycles. The normalized spacial score (nSPS) is 10.5. The Kier molecular flexibility index (Phi) is 4.23. The van der Waals surface area contributed by atoms with Crippen molar-refractivity contribution in [3.05, 3.63) is 58.1 Å². The molecule has 18 heavy (non-hydrogen) atoms. The zero-order chi connectivity index (χ0) is 13.0. The lowest BCUT2D eigenvalue weighted by Crippen LogP contribution is -2.12. The van der Waals surface area contributed by atoms with E-state index < -0.39 is 0 Å². The zero-order valence-corrected chi connectivity index (χ0v) is 11.3. The van der Waals surface area contributed by atoms with E-state index in [1.807, 2.05) is 24.3 Å². The van der Waals surface area contributed by atoms with Crippen LogP contribution in [0.15, 0.2) is 46.9 Å². The van der Waals surface area contributed by atoms with Crippen molar-refractivity contribution in [3.8, 4) is 11.5 Å². The standard InChI is InChI=1S/C14H14BrNO2/c15-12-7-10(5-6-14(12)18)8-16-9-11-3-1-2-4-13(11)17/h1-7,16-18H,8-9H2. The highest BCUT2D eigenvalue weighted by Crippen LogP contribution is 2.24. The maximum absolute atomic E-state index is 9.61. The van der Waals surface area contributed by atoms with Crippen molar-refractivity contribution in [3.63, 3.8) is 0 Å². The molecule has 3 N–H and O–H groups in total. The number of aromatic hydroxyl groups is 2. The minimum Gasteiger partial charge on any atom is -0.508 e. The van der Waals surface area contributed by atoms with Gasteiger partial charge in [0, 0.05) is 18.7 Å². The predicted molar refractivity (Wildman–Crippen MR) is 74.5 cm³/mol. The SMILES string of the molecule is Oc1ccc(CNCc2ccccc2O)cc1Br. The van der Waals surface area contributed by atoms with Gasteiger partial charge in [0.15, 0.2) is 0 Å². The van der Waals surface area contributed by atoms with Gasteiger partial charge in [0.2, 0.25) is 0 Å². The average molecular weight is 308 g/mol. The van der Waals surface area contributed by atoms with Gasteiger partial charge in [0.1, 0.15) is 11.5 Å². The zero-order valence-electron chi connectivity index (χ0n) is 9.73. The minimum absolute atomic E-state index is 0.236. The van der Waals surface area contributed by atoms with E-state index in [4.69, 9.17) is 0 Å². The number of rotatable bonds is 4. The highest BCUT2D eigenvalue weighted by atomic mass is 79.9. The van der Waals surface area contributed by atoms with Crippen LogP contribution in [0.1, 0.15) is 11.1 Å². The fourth-order valence-electron chi connectivity index (χ4n) is 1.66. The van der Waals surface area contributed by atoms with Crippen LogP contribution in [0.25, 0.3) is 0 Å². The van der Waals surface area contributed by atoms with Gasteiger partial charge < -0.3 is 15.5 Å². The number of phenolic OH excluding ortho intramolecular Hbond substituents is 2. The van der Waals surface area contributed by atoms with Gasteiger partial charge in [-0.1, -0.05) is 24.3 Å². The predicted octanol–water partition coefficient (Wildman–Crippen LogP) is 3.15. The summed E-state index contributed by atoms with van der Waals surface area (Å²) in [5, 5.41) is 22.2. The number of hydrogen-bond acceptors (Lipinski definition) is 3. The minimum atomic E-state index is 0.236. The molecule has 2 aromatic carbocycles. The molecular formula is C14H14BrNO2. The van der Waals surface area contributed by atoms with Gasteiger partial charge in [-0.05, 0) is 39.7 Å². The molecule has 0 radical (unpaired) electrons. The van der Waals surface area contributed by atoms with E-state index in [9.17, 15) is 10.2 Å². The Hall–Kier alpha value is -1.52. The van der Waals surface area contributed by atoms with Crippen LogP contribution in [0.5, 0.6) is 11.5 Å². The first kappa shape index (κ1) is 12.9. The molecule has 0 unspecified atom stereocenters. The van der Waals surface area contributed by atoms with Crippen LogP contribution in [0.2, 0.25) is 0 Å². The molecule has 0 aliphatic rings. The third-order valence-corrected chi connectivity index (χ3v) is 3.28. The van der Waals surface area contributed by atoms with E-state index in [0.717, 1.165) is 11.1 Å². The van der Waals surface area contributed by atoms with Gasteiger partial charge >= 0.3 is 0 Å². The van der Waals surface area contributed by atoms with Gasteiger partial charge in [0.25, 0.3) is 0 Å².